The van der Waals surface area contributed by atoms with Gasteiger partial charge in [0.25, 0.3) is 0 Å². The van der Waals surface area contributed by atoms with Crippen molar-refractivity contribution in [2.24, 2.45) is 5.10 Å². The largest absolute Gasteiger partial charge is 0.507 e. The number of hydrazone groups is 1. The van der Waals surface area contributed by atoms with Gasteiger partial charge in [-0.3, -0.25) is 4.79 Å². The van der Waals surface area contributed by atoms with Gasteiger partial charge in [0, 0.05) is 10.0 Å². The SMILES string of the molecule is CC1(CC(=O)N/N=C/c2cc(Br)ccc2O)OCCO1. The fourth-order valence-corrected chi connectivity index (χ4v) is 2.17. The first-order chi connectivity index (χ1) is 9.48. The van der Waals surface area contributed by atoms with Crippen molar-refractivity contribution in [3.8, 4) is 5.75 Å². The van der Waals surface area contributed by atoms with Gasteiger partial charge in [0.2, 0.25) is 5.91 Å². The van der Waals surface area contributed by atoms with E-state index in [0.717, 1.165) is 4.47 Å². The summed E-state index contributed by atoms with van der Waals surface area (Å²) in [5.74, 6) is -1.11. The van der Waals surface area contributed by atoms with Crippen molar-refractivity contribution in [1.82, 2.24) is 5.43 Å². The van der Waals surface area contributed by atoms with Crippen molar-refractivity contribution < 1.29 is 19.4 Å². The molecule has 1 aliphatic heterocycles. The molecule has 2 N–H and O–H groups in total. The summed E-state index contributed by atoms with van der Waals surface area (Å²) >= 11 is 3.29. The Hall–Kier alpha value is -1.44. The van der Waals surface area contributed by atoms with Gasteiger partial charge in [0.1, 0.15) is 5.75 Å². The molecule has 20 heavy (non-hydrogen) atoms. The number of nitrogens with one attached hydrogen (secondary N) is 1. The molecular weight excluding hydrogens is 328 g/mol. The van der Waals surface area contributed by atoms with Crippen LogP contribution in [0.4, 0.5) is 0 Å². The van der Waals surface area contributed by atoms with Crippen molar-refractivity contribution in [1.29, 1.82) is 0 Å². The number of rotatable bonds is 4. The summed E-state index contributed by atoms with van der Waals surface area (Å²) in [6.07, 6.45) is 1.44. The Morgan fingerprint density at radius 1 is 1.55 bits per heavy atom. The standard InChI is InChI=1S/C13H15BrN2O4/c1-13(19-4-5-20-13)7-12(18)16-15-8-9-6-10(14)2-3-11(9)17/h2-3,6,8,17H,4-5,7H2,1H3,(H,16,18)/b15-8+. The van der Waals surface area contributed by atoms with Crippen molar-refractivity contribution in [3.63, 3.8) is 0 Å². The highest BCUT2D eigenvalue weighted by molar-refractivity contribution is 9.10. The van der Waals surface area contributed by atoms with Crippen LogP contribution < -0.4 is 5.43 Å². The van der Waals surface area contributed by atoms with E-state index in [1.54, 1.807) is 19.1 Å². The summed E-state index contributed by atoms with van der Waals surface area (Å²) in [5, 5.41) is 13.4. The Balaban J connectivity index is 1.89. The second kappa shape index (κ2) is 6.34. The van der Waals surface area contributed by atoms with Crippen molar-refractivity contribution in [2.75, 3.05) is 13.2 Å². The molecule has 0 aromatic heterocycles. The monoisotopic (exact) mass is 342 g/mol. The molecule has 1 aliphatic rings. The third-order valence-electron chi connectivity index (χ3n) is 2.76. The molecule has 0 atom stereocenters. The number of hydrogen-bond acceptors (Lipinski definition) is 5. The number of carbonyl (C=O) groups is 1. The predicted molar refractivity (Wildman–Crippen MR) is 76.5 cm³/mol. The molecule has 7 heteroatoms. The van der Waals surface area contributed by atoms with Crippen LogP contribution in [-0.4, -0.2) is 36.2 Å². The highest BCUT2D eigenvalue weighted by atomic mass is 79.9. The Morgan fingerprint density at radius 3 is 2.95 bits per heavy atom. The Kier molecular flexibility index (Phi) is 4.74. The van der Waals surface area contributed by atoms with E-state index in [9.17, 15) is 9.90 Å². The lowest BCUT2D eigenvalue weighted by Crippen LogP contribution is -2.33. The van der Waals surface area contributed by atoms with Gasteiger partial charge in [0.05, 0.1) is 25.8 Å². The number of halogens is 1. The zero-order valence-electron chi connectivity index (χ0n) is 10.9. The normalized spacial score (nSPS) is 17.5. The minimum atomic E-state index is -0.877. The summed E-state index contributed by atoms with van der Waals surface area (Å²) in [5.41, 5.74) is 2.87. The highest BCUT2D eigenvalue weighted by Gasteiger charge is 2.33. The zero-order chi connectivity index (χ0) is 14.6. The van der Waals surface area contributed by atoms with Gasteiger partial charge in [-0.25, -0.2) is 5.43 Å². The lowest BCUT2D eigenvalue weighted by atomic mass is 10.2. The van der Waals surface area contributed by atoms with Gasteiger partial charge >= 0.3 is 0 Å². The number of phenols is 1. The Morgan fingerprint density at radius 2 is 2.25 bits per heavy atom. The number of carbonyl (C=O) groups excluding carboxylic acids is 1. The van der Waals surface area contributed by atoms with E-state index < -0.39 is 5.79 Å². The minimum absolute atomic E-state index is 0.0643. The van der Waals surface area contributed by atoms with E-state index >= 15 is 0 Å². The molecule has 0 radical (unpaired) electrons. The minimum Gasteiger partial charge on any atom is -0.507 e. The van der Waals surface area contributed by atoms with Crippen molar-refractivity contribution in [3.05, 3.63) is 28.2 Å². The molecule has 0 aliphatic carbocycles. The molecule has 0 spiro atoms. The lowest BCUT2D eigenvalue weighted by molar-refractivity contribution is -0.159. The molecular formula is C13H15BrN2O4. The number of hydrogen-bond donors (Lipinski definition) is 2. The quantitative estimate of drug-likeness (QED) is 0.645. The summed E-state index contributed by atoms with van der Waals surface area (Å²) < 4.78 is 11.5. The van der Waals surface area contributed by atoms with Crippen LogP contribution in [0.25, 0.3) is 0 Å². The van der Waals surface area contributed by atoms with E-state index in [0.29, 0.717) is 18.8 Å². The number of aromatic hydroxyl groups is 1. The van der Waals surface area contributed by atoms with E-state index in [2.05, 4.69) is 26.5 Å². The third kappa shape index (κ3) is 4.03. The second-order valence-corrected chi connectivity index (χ2v) is 5.42. The second-order valence-electron chi connectivity index (χ2n) is 4.50. The maximum absolute atomic E-state index is 11.7. The smallest absolute Gasteiger partial charge is 0.245 e. The highest BCUT2D eigenvalue weighted by Crippen LogP contribution is 2.22. The van der Waals surface area contributed by atoms with Crippen LogP contribution in [0.5, 0.6) is 5.75 Å². The first-order valence-electron chi connectivity index (χ1n) is 6.07. The number of phenolic OH excluding ortho intramolecular Hbond substituents is 1. The fraction of sp³-hybridized carbons (Fsp3) is 0.385. The number of nitrogens with zero attached hydrogens (tertiary/aromatic N) is 1. The molecule has 2 rings (SSSR count). The molecule has 108 valence electrons. The zero-order valence-corrected chi connectivity index (χ0v) is 12.5. The maximum Gasteiger partial charge on any atom is 0.245 e. The van der Waals surface area contributed by atoms with Gasteiger partial charge in [0.15, 0.2) is 5.79 Å². The molecule has 1 heterocycles. The number of ether oxygens (including phenoxy) is 2. The van der Waals surface area contributed by atoms with Gasteiger partial charge in [-0.1, -0.05) is 15.9 Å². The van der Waals surface area contributed by atoms with Crippen LogP contribution in [0.2, 0.25) is 0 Å². The average Bonchev–Trinajstić information content (AvgIpc) is 2.80. The Bertz CT molecular complexity index is 527. The molecule has 1 aromatic rings. The van der Waals surface area contributed by atoms with Gasteiger partial charge in [-0.15, -0.1) is 0 Å². The maximum atomic E-state index is 11.7. The van der Waals surface area contributed by atoms with Gasteiger partial charge in [-0.2, -0.15) is 5.10 Å². The van der Waals surface area contributed by atoms with Crippen LogP contribution in [0.1, 0.15) is 18.9 Å². The Labute approximate surface area is 124 Å². The van der Waals surface area contributed by atoms with Crippen LogP contribution in [0.15, 0.2) is 27.8 Å². The molecule has 0 unspecified atom stereocenters. The molecule has 0 saturated carbocycles. The van der Waals surface area contributed by atoms with E-state index in [1.165, 1.54) is 12.3 Å². The third-order valence-corrected chi connectivity index (χ3v) is 3.26. The lowest BCUT2D eigenvalue weighted by Gasteiger charge is -2.20. The number of benzene rings is 1. The molecule has 6 nitrogen and oxygen atoms in total. The van der Waals surface area contributed by atoms with Gasteiger partial charge in [-0.05, 0) is 25.1 Å². The van der Waals surface area contributed by atoms with Crippen LogP contribution >= 0.6 is 15.9 Å². The predicted octanol–water partition coefficient (Wildman–Crippen LogP) is 1.76. The van der Waals surface area contributed by atoms with E-state index in [1.807, 2.05) is 0 Å². The topological polar surface area (TPSA) is 80.2 Å². The summed E-state index contributed by atoms with van der Waals surface area (Å²) in [6, 6.07) is 4.94. The van der Waals surface area contributed by atoms with Crippen LogP contribution in [0, 0.1) is 0 Å². The molecule has 0 bridgehead atoms. The van der Waals surface area contributed by atoms with Crippen LogP contribution in [-0.2, 0) is 14.3 Å². The average molecular weight is 343 g/mol. The molecule has 1 saturated heterocycles. The first-order valence-corrected chi connectivity index (χ1v) is 6.86. The van der Waals surface area contributed by atoms with Crippen LogP contribution in [0.3, 0.4) is 0 Å². The van der Waals surface area contributed by atoms with Gasteiger partial charge < -0.3 is 14.6 Å². The van der Waals surface area contributed by atoms with E-state index in [4.69, 9.17) is 9.47 Å². The summed E-state index contributed by atoms with van der Waals surface area (Å²) in [7, 11) is 0. The first kappa shape index (κ1) is 15.0. The molecule has 1 amide bonds. The summed E-state index contributed by atoms with van der Waals surface area (Å²) in [6.45, 7) is 2.68. The van der Waals surface area contributed by atoms with E-state index in [-0.39, 0.29) is 18.1 Å². The van der Waals surface area contributed by atoms with Crippen molar-refractivity contribution in [2.45, 2.75) is 19.1 Å². The fourth-order valence-electron chi connectivity index (χ4n) is 1.79. The molecule has 1 aromatic carbocycles. The summed E-state index contributed by atoms with van der Waals surface area (Å²) in [4.78, 5) is 11.7. The molecule has 1 fully saturated rings. The van der Waals surface area contributed by atoms with Crippen molar-refractivity contribution >= 4 is 28.1 Å². The number of amides is 1.